The second kappa shape index (κ2) is 9.98. The van der Waals surface area contributed by atoms with Crippen molar-refractivity contribution in [2.24, 2.45) is 5.10 Å². The Hall–Kier alpha value is -3.26. The Kier molecular flexibility index (Phi) is 7.13. The molecule has 0 fully saturated rings. The number of benzene rings is 2. The van der Waals surface area contributed by atoms with Gasteiger partial charge in [-0.2, -0.15) is 5.10 Å². The minimum Gasteiger partial charge on any atom is -0.493 e. The number of thiophene rings is 1. The number of ether oxygens (including phenoxy) is 2. The van der Waals surface area contributed by atoms with Crippen molar-refractivity contribution in [1.29, 1.82) is 0 Å². The number of hydrogen-bond acceptors (Lipinski definition) is 6. The minimum atomic E-state index is -0.814. The summed E-state index contributed by atoms with van der Waals surface area (Å²) >= 11 is 1.49. The molecule has 0 aliphatic carbocycles. The first kappa shape index (κ1) is 21.4. The molecule has 0 spiro atoms. The number of fused-ring (bicyclic) bond motifs is 1. The maximum absolute atomic E-state index is 13.5. The first-order chi connectivity index (χ1) is 14.6. The Labute approximate surface area is 177 Å². The molecule has 1 aromatic heterocycles. The van der Waals surface area contributed by atoms with Gasteiger partial charge in [-0.25, -0.2) is 9.82 Å². The fourth-order valence-electron chi connectivity index (χ4n) is 2.93. The zero-order valence-corrected chi connectivity index (χ0v) is 17.4. The van der Waals surface area contributed by atoms with E-state index in [0.717, 1.165) is 10.1 Å². The number of halogens is 1. The number of carbonyl (C=O) groups is 2. The summed E-state index contributed by atoms with van der Waals surface area (Å²) in [7, 11) is 2.99. The van der Waals surface area contributed by atoms with Crippen LogP contribution in [0.15, 0.2) is 52.9 Å². The third kappa shape index (κ3) is 4.83. The standard InChI is InChI=1S/C22H21FN2O4S/c1-28-19-9-7-14(11-20(19)29-2)18(26)8-10-22(27)25-24-17(12-23)16-13-30-21-6-4-3-5-15(16)21/h3-7,9,11,13H,8,10,12H2,1-2H3,(H,25,27)/b24-17+. The highest BCUT2D eigenvalue weighted by molar-refractivity contribution is 7.17. The van der Waals surface area contributed by atoms with Gasteiger partial charge in [0.15, 0.2) is 17.3 Å². The molecule has 0 atom stereocenters. The Morgan fingerprint density at radius 2 is 1.83 bits per heavy atom. The SMILES string of the molecule is COc1ccc(C(=O)CCC(=O)N/N=C(\CF)c2csc3ccccc23)cc1OC. The van der Waals surface area contributed by atoms with Gasteiger partial charge < -0.3 is 9.47 Å². The molecular formula is C22H21FN2O4S. The molecule has 1 amide bonds. The van der Waals surface area contributed by atoms with Gasteiger partial charge in [0.1, 0.15) is 12.4 Å². The van der Waals surface area contributed by atoms with Crippen LogP contribution in [0.5, 0.6) is 11.5 Å². The summed E-state index contributed by atoms with van der Waals surface area (Å²) in [6.07, 6.45) is -0.0796. The Morgan fingerprint density at radius 1 is 1.07 bits per heavy atom. The predicted molar refractivity (Wildman–Crippen MR) is 116 cm³/mol. The molecule has 3 rings (SSSR count). The van der Waals surface area contributed by atoms with Crippen molar-refractivity contribution in [2.45, 2.75) is 12.8 Å². The van der Waals surface area contributed by atoms with E-state index in [2.05, 4.69) is 10.5 Å². The monoisotopic (exact) mass is 428 g/mol. The number of carbonyl (C=O) groups excluding carboxylic acids is 2. The number of alkyl halides is 1. The Morgan fingerprint density at radius 3 is 2.57 bits per heavy atom. The van der Waals surface area contributed by atoms with Gasteiger partial charge in [-0.3, -0.25) is 9.59 Å². The van der Waals surface area contributed by atoms with Crippen LogP contribution in [-0.2, 0) is 4.79 Å². The van der Waals surface area contributed by atoms with Crippen LogP contribution in [0, 0.1) is 0 Å². The van der Waals surface area contributed by atoms with Gasteiger partial charge in [-0.15, -0.1) is 11.3 Å². The molecule has 6 nitrogen and oxygen atoms in total. The lowest BCUT2D eigenvalue weighted by molar-refractivity contribution is -0.121. The Bertz CT molecular complexity index is 1090. The van der Waals surface area contributed by atoms with Crippen molar-refractivity contribution in [1.82, 2.24) is 5.43 Å². The second-order valence-electron chi connectivity index (χ2n) is 6.37. The fraction of sp³-hybridized carbons (Fsp3) is 0.227. The molecule has 30 heavy (non-hydrogen) atoms. The normalized spacial score (nSPS) is 11.4. The fourth-order valence-corrected chi connectivity index (χ4v) is 3.90. The molecule has 3 aromatic rings. The van der Waals surface area contributed by atoms with Gasteiger partial charge in [0, 0.05) is 39.4 Å². The van der Waals surface area contributed by atoms with Crippen LogP contribution in [0.25, 0.3) is 10.1 Å². The van der Waals surface area contributed by atoms with Crippen LogP contribution >= 0.6 is 11.3 Å². The van der Waals surface area contributed by atoms with Crippen molar-refractivity contribution in [3.63, 3.8) is 0 Å². The molecule has 0 aliphatic heterocycles. The van der Waals surface area contributed by atoms with E-state index in [1.807, 2.05) is 29.6 Å². The van der Waals surface area contributed by atoms with Crippen molar-refractivity contribution in [3.8, 4) is 11.5 Å². The van der Waals surface area contributed by atoms with E-state index in [4.69, 9.17) is 9.47 Å². The zero-order valence-electron chi connectivity index (χ0n) is 16.6. The molecule has 0 saturated heterocycles. The molecule has 8 heteroatoms. The van der Waals surface area contributed by atoms with E-state index < -0.39 is 12.6 Å². The van der Waals surface area contributed by atoms with Gasteiger partial charge >= 0.3 is 0 Å². The lowest BCUT2D eigenvalue weighted by Gasteiger charge is -2.09. The maximum Gasteiger partial charge on any atom is 0.240 e. The van der Waals surface area contributed by atoms with E-state index in [1.165, 1.54) is 25.6 Å². The molecule has 1 heterocycles. The highest BCUT2D eigenvalue weighted by Gasteiger charge is 2.14. The summed E-state index contributed by atoms with van der Waals surface area (Å²) in [5.41, 5.74) is 3.56. The molecule has 0 saturated carbocycles. The molecule has 0 aliphatic rings. The average molecular weight is 428 g/mol. The van der Waals surface area contributed by atoms with Crippen molar-refractivity contribution in [2.75, 3.05) is 20.9 Å². The number of nitrogens with one attached hydrogen (secondary N) is 1. The lowest BCUT2D eigenvalue weighted by Crippen LogP contribution is -2.21. The summed E-state index contributed by atoms with van der Waals surface area (Å²) in [6.45, 7) is -0.814. The Balaban J connectivity index is 1.61. The predicted octanol–water partition coefficient (Wildman–Crippen LogP) is 4.37. The van der Waals surface area contributed by atoms with Crippen LogP contribution in [0.2, 0.25) is 0 Å². The lowest BCUT2D eigenvalue weighted by atomic mass is 10.1. The van der Waals surface area contributed by atoms with E-state index in [0.29, 0.717) is 22.6 Å². The summed E-state index contributed by atoms with van der Waals surface area (Å²) < 4.78 is 24.9. The van der Waals surface area contributed by atoms with E-state index in [9.17, 15) is 14.0 Å². The van der Waals surface area contributed by atoms with Crippen molar-refractivity contribution >= 4 is 38.8 Å². The third-order valence-electron chi connectivity index (χ3n) is 4.52. The van der Waals surface area contributed by atoms with Crippen molar-refractivity contribution < 1.29 is 23.5 Å². The van der Waals surface area contributed by atoms with E-state index in [-0.39, 0.29) is 24.3 Å². The van der Waals surface area contributed by atoms with E-state index >= 15 is 0 Å². The van der Waals surface area contributed by atoms with E-state index in [1.54, 1.807) is 18.2 Å². The van der Waals surface area contributed by atoms with Gasteiger partial charge in [0.25, 0.3) is 0 Å². The van der Waals surface area contributed by atoms with Crippen molar-refractivity contribution in [3.05, 3.63) is 59.0 Å². The largest absolute Gasteiger partial charge is 0.493 e. The molecule has 156 valence electrons. The topological polar surface area (TPSA) is 77.0 Å². The van der Waals surface area contributed by atoms with Crippen LogP contribution in [0.1, 0.15) is 28.8 Å². The zero-order chi connectivity index (χ0) is 21.5. The summed E-state index contributed by atoms with van der Waals surface area (Å²) in [4.78, 5) is 24.5. The third-order valence-corrected chi connectivity index (χ3v) is 5.48. The van der Waals surface area contributed by atoms with Crippen LogP contribution in [0.3, 0.4) is 0 Å². The molecule has 0 radical (unpaired) electrons. The first-order valence-electron chi connectivity index (χ1n) is 9.20. The number of rotatable bonds is 9. The quantitative estimate of drug-likeness (QED) is 0.312. The highest BCUT2D eigenvalue weighted by atomic mass is 32.1. The molecule has 0 unspecified atom stereocenters. The number of methoxy groups -OCH3 is 2. The number of nitrogens with zero attached hydrogens (tertiary/aromatic N) is 1. The van der Waals surface area contributed by atoms with Gasteiger partial charge in [0.05, 0.1) is 14.2 Å². The minimum absolute atomic E-state index is 0.0107. The highest BCUT2D eigenvalue weighted by Crippen LogP contribution is 2.28. The molecule has 0 bridgehead atoms. The molecule has 2 aromatic carbocycles. The number of amides is 1. The first-order valence-corrected chi connectivity index (χ1v) is 10.1. The van der Waals surface area contributed by atoms with Crippen LogP contribution in [0.4, 0.5) is 4.39 Å². The van der Waals surface area contributed by atoms with Gasteiger partial charge in [0.2, 0.25) is 5.91 Å². The number of hydrogen-bond donors (Lipinski definition) is 1. The second-order valence-corrected chi connectivity index (χ2v) is 7.28. The summed E-state index contributed by atoms with van der Waals surface area (Å²) in [5.74, 6) is 0.271. The molecule has 1 N–H and O–H groups in total. The van der Waals surface area contributed by atoms with Crippen LogP contribution < -0.4 is 14.9 Å². The number of hydrazone groups is 1. The molecular weight excluding hydrogens is 407 g/mol. The summed E-state index contributed by atoms with van der Waals surface area (Å²) in [5, 5.41) is 6.64. The van der Waals surface area contributed by atoms with Gasteiger partial charge in [-0.1, -0.05) is 18.2 Å². The smallest absolute Gasteiger partial charge is 0.240 e. The van der Waals surface area contributed by atoms with Gasteiger partial charge in [-0.05, 0) is 24.3 Å². The summed E-state index contributed by atoms with van der Waals surface area (Å²) in [6, 6.07) is 12.4. The number of ketones is 1. The maximum atomic E-state index is 13.5. The average Bonchev–Trinajstić information content (AvgIpc) is 3.21. The number of Topliss-reactive ketones (excluding diaryl/α,β-unsaturated/α-hetero) is 1. The van der Waals surface area contributed by atoms with Crippen LogP contribution in [-0.4, -0.2) is 38.3 Å².